The highest BCUT2D eigenvalue weighted by Gasteiger charge is 2.62. The molecule has 2 bridgehead atoms. The van der Waals surface area contributed by atoms with Crippen molar-refractivity contribution in [3.05, 3.63) is 107 Å². The van der Waals surface area contributed by atoms with Crippen molar-refractivity contribution in [3.63, 3.8) is 0 Å². The molecule has 0 spiro atoms. The van der Waals surface area contributed by atoms with Crippen LogP contribution >= 0.6 is 0 Å². The number of hydrogen-bond acceptors (Lipinski definition) is 5. The number of hydrogen-bond donors (Lipinski definition) is 1. The first-order valence-electron chi connectivity index (χ1n) is 15.2. The molecule has 2 fully saturated rings. The van der Waals surface area contributed by atoms with Gasteiger partial charge in [-0.1, -0.05) is 60.7 Å². The summed E-state index contributed by atoms with van der Waals surface area (Å²) in [4.78, 5) is 15.9. The Morgan fingerprint density at radius 3 is 1.98 bits per heavy atom. The molecule has 5 nitrogen and oxygen atoms in total. The fourth-order valence-electron chi connectivity index (χ4n) is 6.96. The average Bonchev–Trinajstić information content (AvgIpc) is 3.20. The molecule has 3 aromatic rings. The van der Waals surface area contributed by atoms with Gasteiger partial charge in [-0.3, -0.25) is 9.69 Å². The Kier molecular flexibility index (Phi) is 9.34. The molecule has 0 aromatic heterocycles. The Morgan fingerprint density at radius 1 is 0.891 bits per heavy atom. The zero-order valence-corrected chi connectivity index (χ0v) is 25.7. The van der Waals surface area contributed by atoms with Crippen LogP contribution in [0.3, 0.4) is 0 Å². The van der Waals surface area contributed by atoms with Crippen LogP contribution in [0.25, 0.3) is 0 Å². The van der Waals surface area contributed by atoms with Crippen LogP contribution in [0.5, 0.6) is 0 Å². The van der Waals surface area contributed by atoms with Crippen LogP contribution < -0.4 is 0 Å². The van der Waals surface area contributed by atoms with Crippen LogP contribution in [0.4, 0.5) is 26.3 Å². The predicted octanol–water partition coefficient (Wildman–Crippen LogP) is 8.06. The zero-order chi connectivity index (χ0) is 33.5. The Hall–Kier alpha value is -3.41. The van der Waals surface area contributed by atoms with Gasteiger partial charge < -0.3 is 14.6 Å². The van der Waals surface area contributed by atoms with Crippen molar-refractivity contribution >= 4 is 5.97 Å². The highest BCUT2D eigenvalue weighted by molar-refractivity contribution is 5.75. The van der Waals surface area contributed by atoms with Crippen molar-refractivity contribution in [1.82, 2.24) is 4.90 Å². The number of carbonyl (C=O) groups is 1. The van der Waals surface area contributed by atoms with Gasteiger partial charge in [0, 0.05) is 12.6 Å². The van der Waals surface area contributed by atoms with Gasteiger partial charge in [0.1, 0.15) is 11.7 Å². The van der Waals surface area contributed by atoms with E-state index >= 15 is 0 Å². The molecule has 0 aliphatic carbocycles. The van der Waals surface area contributed by atoms with Gasteiger partial charge in [-0.2, -0.15) is 26.3 Å². The summed E-state index contributed by atoms with van der Waals surface area (Å²) in [5.41, 5.74) is -3.46. The summed E-state index contributed by atoms with van der Waals surface area (Å²) >= 11 is 0. The molecule has 11 heteroatoms. The van der Waals surface area contributed by atoms with Crippen molar-refractivity contribution in [3.8, 4) is 0 Å². The van der Waals surface area contributed by atoms with Crippen LogP contribution in [0, 0.1) is 5.92 Å². The summed E-state index contributed by atoms with van der Waals surface area (Å²) in [5.74, 6) is -0.977. The lowest BCUT2D eigenvalue weighted by atomic mass is 9.78. The number of piperidine rings is 1. The second kappa shape index (κ2) is 12.7. The normalized spacial score (nSPS) is 24.5. The number of aliphatic hydroxyl groups excluding tert-OH is 1. The minimum Gasteiger partial charge on any atom is -0.460 e. The Labute approximate surface area is 264 Å². The molecule has 248 valence electrons. The molecule has 0 radical (unpaired) electrons. The number of carbonyl (C=O) groups excluding carboxylic acids is 1. The van der Waals surface area contributed by atoms with E-state index in [9.17, 15) is 36.2 Å². The van der Waals surface area contributed by atoms with Crippen LogP contribution in [0.2, 0.25) is 0 Å². The number of ether oxygens (including phenoxy) is 2. The fraction of sp³-hybridized carbons (Fsp3) is 0.457. The topological polar surface area (TPSA) is 59.0 Å². The SMILES string of the molecule is CC(C)(C)OC(=O)[C@@H]1C[C@@]2(c3ccccc3)[C@H](O[C@@H](CO)c3cc(C(F)(F)F)cc(C(F)(F)F)c3)CC[C@@H]1N2Cc1ccccc1. The molecule has 3 aromatic carbocycles. The lowest BCUT2D eigenvalue weighted by Crippen LogP contribution is -2.57. The molecule has 5 atom stereocenters. The predicted molar refractivity (Wildman–Crippen MR) is 158 cm³/mol. The van der Waals surface area contributed by atoms with Crippen LogP contribution in [-0.4, -0.2) is 40.3 Å². The minimum absolute atomic E-state index is 0.0542. The van der Waals surface area contributed by atoms with E-state index < -0.39 is 64.9 Å². The van der Waals surface area contributed by atoms with E-state index in [2.05, 4.69) is 4.90 Å². The number of esters is 1. The molecular formula is C35H37F6NO4. The number of aliphatic hydroxyl groups is 1. The van der Waals surface area contributed by atoms with Gasteiger partial charge in [0.2, 0.25) is 0 Å². The van der Waals surface area contributed by atoms with E-state index in [1.807, 2.05) is 60.7 Å². The van der Waals surface area contributed by atoms with Gasteiger partial charge in [-0.25, -0.2) is 0 Å². The van der Waals surface area contributed by atoms with Crippen LogP contribution in [0.15, 0.2) is 78.9 Å². The summed E-state index contributed by atoms with van der Waals surface area (Å²) in [7, 11) is 0. The Balaban J connectivity index is 1.62. The summed E-state index contributed by atoms with van der Waals surface area (Å²) < 4.78 is 94.8. The fourth-order valence-corrected chi connectivity index (χ4v) is 6.96. The Bertz CT molecular complexity index is 1470. The maximum Gasteiger partial charge on any atom is 0.416 e. The monoisotopic (exact) mass is 649 g/mol. The first-order chi connectivity index (χ1) is 21.5. The highest BCUT2D eigenvalue weighted by atomic mass is 19.4. The van der Waals surface area contributed by atoms with E-state index in [0.29, 0.717) is 31.5 Å². The van der Waals surface area contributed by atoms with Crippen molar-refractivity contribution in [2.75, 3.05) is 6.61 Å². The lowest BCUT2D eigenvalue weighted by molar-refractivity contribution is -0.161. The molecule has 46 heavy (non-hydrogen) atoms. The maximum atomic E-state index is 13.7. The van der Waals surface area contributed by atoms with Crippen LogP contribution in [0.1, 0.15) is 74.0 Å². The third-order valence-electron chi connectivity index (χ3n) is 8.82. The molecule has 5 rings (SSSR count). The zero-order valence-electron chi connectivity index (χ0n) is 25.7. The quantitative estimate of drug-likeness (QED) is 0.198. The highest BCUT2D eigenvalue weighted by Crippen LogP contribution is 2.56. The second-order valence-electron chi connectivity index (χ2n) is 13.0. The molecule has 0 amide bonds. The molecule has 2 saturated heterocycles. The maximum absolute atomic E-state index is 13.7. The van der Waals surface area contributed by atoms with E-state index in [1.165, 1.54) is 0 Å². The largest absolute Gasteiger partial charge is 0.460 e. The van der Waals surface area contributed by atoms with Gasteiger partial charge in [-0.15, -0.1) is 0 Å². The number of fused-ring (bicyclic) bond motifs is 2. The molecule has 2 heterocycles. The minimum atomic E-state index is -5.06. The lowest BCUT2D eigenvalue weighted by Gasteiger charge is -2.51. The number of nitrogens with zero attached hydrogens (tertiary/aromatic N) is 1. The molecule has 0 unspecified atom stereocenters. The Morgan fingerprint density at radius 2 is 1.46 bits per heavy atom. The van der Waals surface area contributed by atoms with Gasteiger partial charge in [0.05, 0.1) is 35.3 Å². The van der Waals surface area contributed by atoms with Crippen molar-refractivity contribution in [2.24, 2.45) is 5.92 Å². The number of benzene rings is 3. The van der Waals surface area contributed by atoms with Crippen molar-refractivity contribution in [2.45, 2.75) is 88.3 Å². The van der Waals surface area contributed by atoms with Gasteiger partial charge >= 0.3 is 18.3 Å². The molecule has 1 N–H and O–H groups in total. The van der Waals surface area contributed by atoms with E-state index in [-0.39, 0.29) is 24.5 Å². The van der Waals surface area contributed by atoms with Crippen molar-refractivity contribution < 1.29 is 45.7 Å². The van der Waals surface area contributed by atoms with Crippen molar-refractivity contribution in [1.29, 1.82) is 0 Å². The summed E-state index contributed by atoms with van der Waals surface area (Å²) in [5, 5.41) is 10.4. The molecule has 0 saturated carbocycles. The first kappa shape index (κ1) is 33.9. The summed E-state index contributed by atoms with van der Waals surface area (Å²) in [6, 6.07) is 19.8. The smallest absolute Gasteiger partial charge is 0.416 e. The average molecular weight is 650 g/mol. The molecule has 2 aliphatic heterocycles. The molecule has 2 aliphatic rings. The first-order valence-corrected chi connectivity index (χ1v) is 15.2. The summed E-state index contributed by atoms with van der Waals surface area (Å²) in [6.45, 7) is 4.87. The van der Waals surface area contributed by atoms with Gasteiger partial charge in [0.15, 0.2) is 0 Å². The number of halogens is 6. The van der Waals surface area contributed by atoms with E-state index in [0.717, 1.165) is 11.1 Å². The standard InChI is InChI=1S/C35H37F6NO4/c1-32(2,3)46-31(44)27-19-33(24-12-8-5-9-13-24)30(15-14-28(27)42(33)20-22-10-6-4-7-11-22)45-29(21-43)23-16-25(34(36,37)38)18-26(17-23)35(39,40)41/h4-13,16-18,27-30,43H,14-15,19-21H2,1-3H3/t27-,28+,29+,30-,33-/m1/s1. The number of alkyl halides is 6. The number of rotatable bonds is 8. The molecular weight excluding hydrogens is 612 g/mol. The second-order valence-corrected chi connectivity index (χ2v) is 13.0. The third-order valence-corrected chi connectivity index (χ3v) is 8.82. The van der Waals surface area contributed by atoms with E-state index in [4.69, 9.17) is 9.47 Å². The van der Waals surface area contributed by atoms with E-state index in [1.54, 1.807) is 20.8 Å². The summed E-state index contributed by atoms with van der Waals surface area (Å²) in [6.07, 6.45) is -11.4. The van der Waals surface area contributed by atoms with Gasteiger partial charge in [0.25, 0.3) is 0 Å². The third kappa shape index (κ3) is 6.96. The van der Waals surface area contributed by atoms with Crippen LogP contribution in [-0.2, 0) is 38.7 Å². The van der Waals surface area contributed by atoms with Gasteiger partial charge in [-0.05, 0) is 74.9 Å².